The van der Waals surface area contributed by atoms with Crippen molar-refractivity contribution in [1.29, 1.82) is 0 Å². The Balaban J connectivity index is 1.41. The van der Waals surface area contributed by atoms with E-state index >= 15 is 0 Å². The molecule has 0 aromatic heterocycles. The number of alkyl halides is 2. The van der Waals surface area contributed by atoms with Gasteiger partial charge < -0.3 is 4.74 Å². The van der Waals surface area contributed by atoms with Gasteiger partial charge in [0.05, 0.1) is 11.8 Å². The number of rotatable bonds is 5. The fraction of sp³-hybridized carbons (Fsp3) is 0.500. The molecule has 7 atom stereocenters. The number of amides is 2. The van der Waals surface area contributed by atoms with Crippen molar-refractivity contribution in [3.05, 3.63) is 34.9 Å². The van der Waals surface area contributed by atoms with E-state index in [1.807, 2.05) is 0 Å². The van der Waals surface area contributed by atoms with Crippen LogP contribution in [0.15, 0.2) is 24.3 Å². The molecule has 2 bridgehead atoms. The summed E-state index contributed by atoms with van der Waals surface area (Å²) in [6.07, 6.45) is -0.231. The third-order valence-corrected chi connectivity index (χ3v) is 9.59. The third kappa shape index (κ3) is 3.47. The number of hydrogen-bond donors (Lipinski definition) is 0. The van der Waals surface area contributed by atoms with E-state index in [-0.39, 0.29) is 45.1 Å². The zero-order valence-corrected chi connectivity index (χ0v) is 19.3. The fourth-order valence-corrected chi connectivity index (χ4v) is 6.92. The van der Waals surface area contributed by atoms with Crippen molar-refractivity contribution < 1.29 is 23.9 Å². The highest BCUT2D eigenvalue weighted by Gasteiger charge is 2.66. The molecule has 2 aliphatic carbocycles. The Bertz CT molecular complexity index is 877. The minimum atomic E-state index is -1.05. The van der Waals surface area contributed by atoms with Crippen LogP contribution in [0, 0.1) is 23.7 Å². The van der Waals surface area contributed by atoms with Gasteiger partial charge in [-0.2, -0.15) is 0 Å². The number of halogens is 3. The highest BCUT2D eigenvalue weighted by Crippen LogP contribution is 2.60. The standard InChI is InChI=1S/C20H18Br2ClNO5/c1-8(18(26)9-3-2-4-10(23)5-9)29-13(25)7-24-19(27)14-11-6-12(15(14)20(24)28)17(22)16(11)21/h2-5,8,11-12,14-17H,6-7H2,1H3/t8-,11+,12+,14-,15+,16-,17+/m0/s1. The van der Waals surface area contributed by atoms with Crippen molar-refractivity contribution in [3.8, 4) is 0 Å². The molecule has 1 saturated heterocycles. The Hall–Kier alpha value is -1.25. The number of carbonyl (C=O) groups excluding carboxylic acids is 4. The van der Waals surface area contributed by atoms with Gasteiger partial charge in [0, 0.05) is 20.2 Å². The average Bonchev–Trinajstić information content (AvgIpc) is 3.28. The van der Waals surface area contributed by atoms with Crippen LogP contribution in [0.1, 0.15) is 23.7 Å². The Morgan fingerprint density at radius 3 is 2.31 bits per heavy atom. The molecule has 29 heavy (non-hydrogen) atoms. The zero-order valence-electron chi connectivity index (χ0n) is 15.4. The molecule has 0 spiro atoms. The maximum absolute atomic E-state index is 12.8. The molecule has 1 heterocycles. The summed E-state index contributed by atoms with van der Waals surface area (Å²) < 4.78 is 5.20. The van der Waals surface area contributed by atoms with Gasteiger partial charge in [-0.1, -0.05) is 55.6 Å². The van der Waals surface area contributed by atoms with Crippen LogP contribution in [0.4, 0.5) is 0 Å². The van der Waals surface area contributed by atoms with E-state index in [1.165, 1.54) is 13.0 Å². The minimum Gasteiger partial charge on any atom is -0.453 e. The second-order valence-corrected chi connectivity index (χ2v) is 10.3. The molecule has 6 nitrogen and oxygen atoms in total. The quantitative estimate of drug-likeness (QED) is 0.245. The van der Waals surface area contributed by atoms with Gasteiger partial charge in [-0.05, 0) is 37.3 Å². The topological polar surface area (TPSA) is 80.8 Å². The first-order valence-corrected chi connectivity index (χ1v) is 11.5. The summed E-state index contributed by atoms with van der Waals surface area (Å²) in [5.41, 5.74) is 0.323. The van der Waals surface area contributed by atoms with Crippen LogP contribution in [0.3, 0.4) is 0 Å². The van der Waals surface area contributed by atoms with Crippen LogP contribution in [0.2, 0.25) is 5.02 Å². The smallest absolute Gasteiger partial charge is 0.326 e. The lowest BCUT2D eigenvalue weighted by Gasteiger charge is -2.28. The first kappa shape index (κ1) is 21.0. The lowest BCUT2D eigenvalue weighted by atomic mass is 9.81. The largest absolute Gasteiger partial charge is 0.453 e. The van der Waals surface area contributed by atoms with Gasteiger partial charge in [-0.25, -0.2) is 0 Å². The summed E-state index contributed by atoms with van der Waals surface area (Å²) in [6.45, 7) is 0.978. The minimum absolute atomic E-state index is 0.0789. The number of esters is 1. The van der Waals surface area contributed by atoms with Gasteiger partial charge in [0.2, 0.25) is 17.6 Å². The zero-order chi connectivity index (χ0) is 21.0. The van der Waals surface area contributed by atoms with E-state index in [2.05, 4.69) is 31.9 Å². The van der Waals surface area contributed by atoms with Gasteiger partial charge in [-0.3, -0.25) is 24.1 Å². The monoisotopic (exact) mass is 545 g/mol. The average molecular weight is 548 g/mol. The Labute approximate surface area is 189 Å². The van der Waals surface area contributed by atoms with E-state index in [4.69, 9.17) is 16.3 Å². The number of fused-ring (bicyclic) bond motifs is 5. The molecule has 3 fully saturated rings. The number of ketones is 1. The van der Waals surface area contributed by atoms with Gasteiger partial charge in [0.1, 0.15) is 6.54 Å². The summed E-state index contributed by atoms with van der Waals surface area (Å²) in [5, 5.41) is 0.402. The molecule has 154 valence electrons. The number of hydrogen-bond acceptors (Lipinski definition) is 5. The van der Waals surface area contributed by atoms with Crippen LogP contribution in [-0.2, 0) is 19.1 Å². The highest BCUT2D eigenvalue weighted by molar-refractivity contribution is 9.12. The van der Waals surface area contributed by atoms with Crippen LogP contribution in [-0.4, -0.2) is 50.8 Å². The second kappa shape index (κ2) is 7.78. The molecule has 3 aliphatic rings. The SMILES string of the molecule is C[C@H](OC(=O)CN1C(=O)[C@@H]2[C@H]3C[C@@H]([C@H](Br)[C@@H]3Br)[C@@H]2C1=O)C(=O)c1cccc(Cl)c1. The van der Waals surface area contributed by atoms with Crippen LogP contribution in [0.25, 0.3) is 0 Å². The number of imide groups is 1. The summed E-state index contributed by atoms with van der Waals surface area (Å²) in [6, 6.07) is 6.34. The van der Waals surface area contributed by atoms with Gasteiger partial charge in [0.25, 0.3) is 0 Å². The summed E-state index contributed by atoms with van der Waals surface area (Å²) >= 11 is 13.1. The number of likely N-dealkylation sites (tertiary alicyclic amines) is 1. The third-order valence-electron chi connectivity index (χ3n) is 6.15. The first-order valence-electron chi connectivity index (χ1n) is 9.33. The predicted octanol–water partition coefficient (Wildman–Crippen LogP) is 3.23. The summed E-state index contributed by atoms with van der Waals surface area (Å²) in [7, 11) is 0. The maximum atomic E-state index is 12.8. The van der Waals surface area contributed by atoms with E-state index < -0.39 is 24.4 Å². The fourth-order valence-electron chi connectivity index (χ4n) is 4.86. The predicted molar refractivity (Wildman–Crippen MR) is 112 cm³/mol. The van der Waals surface area contributed by atoms with Crippen molar-refractivity contribution in [2.24, 2.45) is 23.7 Å². The lowest BCUT2D eigenvalue weighted by molar-refractivity contribution is -0.155. The Kier molecular flexibility index (Phi) is 5.63. The molecule has 4 rings (SSSR count). The molecule has 1 aromatic rings. The van der Waals surface area contributed by atoms with E-state index in [1.54, 1.807) is 18.2 Å². The Morgan fingerprint density at radius 2 is 1.76 bits per heavy atom. The van der Waals surface area contributed by atoms with Crippen molar-refractivity contribution in [2.45, 2.75) is 29.1 Å². The van der Waals surface area contributed by atoms with Crippen molar-refractivity contribution in [1.82, 2.24) is 4.90 Å². The van der Waals surface area contributed by atoms with Crippen molar-refractivity contribution in [3.63, 3.8) is 0 Å². The van der Waals surface area contributed by atoms with Gasteiger partial charge in [-0.15, -0.1) is 0 Å². The number of nitrogens with zero attached hydrogens (tertiary/aromatic N) is 1. The number of ether oxygens (including phenoxy) is 1. The molecule has 1 aromatic carbocycles. The summed E-state index contributed by atoms with van der Waals surface area (Å²) in [5.74, 6) is -2.44. The molecule has 0 unspecified atom stereocenters. The molecule has 1 aliphatic heterocycles. The highest BCUT2D eigenvalue weighted by atomic mass is 79.9. The van der Waals surface area contributed by atoms with Crippen molar-refractivity contribution >= 4 is 67.0 Å². The molecule has 0 N–H and O–H groups in total. The van der Waals surface area contributed by atoms with Gasteiger partial charge in [0.15, 0.2) is 6.10 Å². The molecule has 9 heteroatoms. The van der Waals surface area contributed by atoms with Crippen LogP contribution in [0.5, 0.6) is 0 Å². The molecule has 2 saturated carbocycles. The molecular formula is C20H18Br2ClNO5. The first-order chi connectivity index (χ1) is 13.7. The number of benzene rings is 1. The Morgan fingerprint density at radius 1 is 1.17 bits per heavy atom. The normalized spacial score (nSPS) is 33.7. The maximum Gasteiger partial charge on any atom is 0.326 e. The lowest BCUT2D eigenvalue weighted by Crippen LogP contribution is -2.39. The van der Waals surface area contributed by atoms with Gasteiger partial charge >= 0.3 is 5.97 Å². The van der Waals surface area contributed by atoms with E-state index in [0.29, 0.717) is 10.6 Å². The number of carbonyl (C=O) groups is 4. The second-order valence-electron chi connectivity index (χ2n) is 7.77. The van der Waals surface area contributed by atoms with Crippen LogP contribution >= 0.6 is 43.5 Å². The molecular weight excluding hydrogens is 529 g/mol. The molecule has 2 amide bonds. The van der Waals surface area contributed by atoms with E-state index in [0.717, 1.165) is 11.3 Å². The van der Waals surface area contributed by atoms with Crippen molar-refractivity contribution in [2.75, 3.05) is 6.54 Å². The van der Waals surface area contributed by atoms with E-state index in [9.17, 15) is 19.2 Å². The summed E-state index contributed by atoms with van der Waals surface area (Å²) in [4.78, 5) is 51.7. The van der Waals surface area contributed by atoms with Crippen LogP contribution < -0.4 is 0 Å². The molecule has 0 radical (unpaired) electrons. The number of Topliss-reactive ketones (excluding diaryl/α,β-unsaturated/α-hetero) is 1.